The topological polar surface area (TPSA) is 30.0 Å². The van der Waals surface area contributed by atoms with E-state index in [0.29, 0.717) is 5.69 Å². The van der Waals surface area contributed by atoms with Gasteiger partial charge in [0.25, 0.3) is 0 Å². The molecule has 2 nitrogen and oxygen atoms in total. The van der Waals surface area contributed by atoms with E-state index >= 15 is 0 Å². The van der Waals surface area contributed by atoms with E-state index in [4.69, 9.17) is 0 Å². The van der Waals surface area contributed by atoms with Gasteiger partial charge in [-0.25, -0.2) is 4.98 Å². The zero-order valence-electron chi connectivity index (χ0n) is 12.5. The lowest BCUT2D eigenvalue weighted by molar-refractivity contribution is 0.103. The first kappa shape index (κ1) is 13.5. The number of rotatable bonds is 2. The molecule has 0 spiro atoms. The second kappa shape index (κ2) is 5.13. The minimum Gasteiger partial charge on any atom is -0.287 e. The van der Waals surface area contributed by atoms with E-state index in [-0.39, 0.29) is 5.78 Å². The van der Waals surface area contributed by atoms with Crippen LogP contribution in [-0.4, -0.2) is 10.8 Å². The third-order valence-corrected chi connectivity index (χ3v) is 3.79. The summed E-state index contributed by atoms with van der Waals surface area (Å²) >= 11 is 0. The van der Waals surface area contributed by atoms with Gasteiger partial charge in [0.05, 0.1) is 5.52 Å². The van der Waals surface area contributed by atoms with Crippen molar-refractivity contribution in [2.45, 2.75) is 20.8 Å². The lowest BCUT2D eigenvalue weighted by atomic mass is 9.98. The maximum Gasteiger partial charge on any atom is 0.211 e. The monoisotopic (exact) mass is 275 g/mol. The zero-order chi connectivity index (χ0) is 15.0. The van der Waals surface area contributed by atoms with Crippen LogP contribution in [0.25, 0.3) is 10.9 Å². The van der Waals surface area contributed by atoms with Gasteiger partial charge in [-0.05, 0) is 50.1 Å². The Balaban J connectivity index is 2.16. The number of nitrogens with zero attached hydrogens (tertiary/aromatic N) is 1. The molecule has 0 aliphatic heterocycles. The molecular weight excluding hydrogens is 258 g/mol. The molecule has 0 bridgehead atoms. The number of carbonyl (C=O) groups is 1. The first-order valence-electron chi connectivity index (χ1n) is 7.04. The van der Waals surface area contributed by atoms with Crippen LogP contribution in [0.3, 0.4) is 0 Å². The minimum absolute atomic E-state index is 0.00921. The van der Waals surface area contributed by atoms with E-state index in [9.17, 15) is 4.79 Å². The number of hydrogen-bond donors (Lipinski definition) is 0. The van der Waals surface area contributed by atoms with Crippen molar-refractivity contribution in [1.82, 2.24) is 4.98 Å². The van der Waals surface area contributed by atoms with Crippen molar-refractivity contribution in [2.75, 3.05) is 0 Å². The number of fused-ring (bicyclic) bond motifs is 1. The van der Waals surface area contributed by atoms with Crippen molar-refractivity contribution >= 4 is 16.7 Å². The first-order valence-corrected chi connectivity index (χ1v) is 7.04. The molecule has 0 unspecified atom stereocenters. The van der Waals surface area contributed by atoms with Crippen LogP contribution >= 0.6 is 0 Å². The third-order valence-electron chi connectivity index (χ3n) is 3.79. The zero-order valence-corrected chi connectivity index (χ0v) is 12.5. The molecule has 104 valence electrons. The number of carbonyl (C=O) groups excluding carboxylic acids is 1. The standard InChI is InChI=1S/C19H17NO/c1-12-8-9-13(2)16(10-12)19(21)18-11-14(3)15-6-4-5-7-17(15)20-18/h4-11H,1-3H3. The van der Waals surface area contributed by atoms with E-state index in [0.717, 1.165) is 33.2 Å². The highest BCUT2D eigenvalue weighted by atomic mass is 16.1. The molecule has 0 saturated heterocycles. The predicted molar refractivity (Wildman–Crippen MR) is 85.8 cm³/mol. The van der Waals surface area contributed by atoms with Crippen molar-refractivity contribution in [3.05, 3.63) is 76.5 Å². The molecule has 21 heavy (non-hydrogen) atoms. The quantitative estimate of drug-likeness (QED) is 0.649. The van der Waals surface area contributed by atoms with Crippen molar-refractivity contribution in [3.8, 4) is 0 Å². The fourth-order valence-corrected chi connectivity index (χ4v) is 2.58. The first-order chi connectivity index (χ1) is 10.1. The summed E-state index contributed by atoms with van der Waals surface area (Å²) in [5.41, 5.74) is 5.26. The highest BCUT2D eigenvalue weighted by Gasteiger charge is 2.15. The Labute approximate surface area is 124 Å². The Morgan fingerprint density at radius 1 is 0.905 bits per heavy atom. The molecule has 1 heterocycles. The van der Waals surface area contributed by atoms with E-state index in [1.165, 1.54) is 0 Å². The average Bonchev–Trinajstić information content (AvgIpc) is 2.49. The van der Waals surface area contributed by atoms with Crippen LogP contribution in [0, 0.1) is 20.8 Å². The number of aryl methyl sites for hydroxylation is 3. The van der Waals surface area contributed by atoms with Gasteiger partial charge >= 0.3 is 0 Å². The summed E-state index contributed by atoms with van der Waals surface area (Å²) in [4.78, 5) is 17.3. The largest absolute Gasteiger partial charge is 0.287 e. The fourth-order valence-electron chi connectivity index (χ4n) is 2.58. The molecule has 0 saturated carbocycles. The molecule has 0 fully saturated rings. The second-order valence-corrected chi connectivity index (χ2v) is 5.49. The van der Waals surface area contributed by atoms with Crippen molar-refractivity contribution in [2.24, 2.45) is 0 Å². The van der Waals surface area contributed by atoms with E-state index in [2.05, 4.69) is 4.98 Å². The summed E-state index contributed by atoms with van der Waals surface area (Å²) in [6.45, 7) is 5.97. The van der Waals surface area contributed by atoms with Gasteiger partial charge in [0.1, 0.15) is 5.69 Å². The highest BCUT2D eigenvalue weighted by molar-refractivity contribution is 6.09. The lowest BCUT2D eigenvalue weighted by Gasteiger charge is -2.08. The smallest absolute Gasteiger partial charge is 0.211 e. The molecule has 0 amide bonds. The van der Waals surface area contributed by atoms with Crippen LogP contribution in [0.4, 0.5) is 0 Å². The average molecular weight is 275 g/mol. The number of benzene rings is 2. The van der Waals surface area contributed by atoms with E-state index in [1.807, 2.05) is 69.3 Å². The summed E-state index contributed by atoms with van der Waals surface area (Å²) in [6.07, 6.45) is 0. The van der Waals surface area contributed by atoms with Gasteiger partial charge in [-0.2, -0.15) is 0 Å². The van der Waals surface area contributed by atoms with Gasteiger partial charge in [-0.1, -0.05) is 35.9 Å². The maximum absolute atomic E-state index is 12.8. The molecule has 0 aliphatic rings. The molecule has 0 aliphatic carbocycles. The van der Waals surface area contributed by atoms with Crippen molar-refractivity contribution in [3.63, 3.8) is 0 Å². The molecule has 1 aromatic heterocycles. The van der Waals surface area contributed by atoms with Gasteiger partial charge in [0.15, 0.2) is 0 Å². The molecule has 2 heteroatoms. The van der Waals surface area contributed by atoms with Crippen LogP contribution in [0.15, 0.2) is 48.5 Å². The summed E-state index contributed by atoms with van der Waals surface area (Å²) in [5, 5.41) is 1.09. The van der Waals surface area contributed by atoms with Crippen molar-refractivity contribution in [1.29, 1.82) is 0 Å². The number of hydrogen-bond acceptors (Lipinski definition) is 2. The molecule has 3 rings (SSSR count). The van der Waals surface area contributed by atoms with Gasteiger partial charge < -0.3 is 0 Å². The number of ketones is 1. The normalized spacial score (nSPS) is 10.8. The molecule has 0 atom stereocenters. The Bertz CT molecular complexity index is 849. The van der Waals surface area contributed by atoms with Gasteiger partial charge in [-0.3, -0.25) is 4.79 Å². The van der Waals surface area contributed by atoms with Gasteiger partial charge in [-0.15, -0.1) is 0 Å². The van der Waals surface area contributed by atoms with Crippen molar-refractivity contribution < 1.29 is 4.79 Å². The van der Waals surface area contributed by atoms with Crippen LogP contribution < -0.4 is 0 Å². The molecule has 3 aromatic rings. The second-order valence-electron chi connectivity index (χ2n) is 5.49. The van der Waals surface area contributed by atoms with Gasteiger partial charge in [0.2, 0.25) is 5.78 Å². The Morgan fingerprint density at radius 2 is 1.67 bits per heavy atom. The number of pyridine rings is 1. The minimum atomic E-state index is -0.00921. The van der Waals surface area contributed by atoms with Crippen LogP contribution in [0.1, 0.15) is 32.7 Å². The van der Waals surface area contributed by atoms with Crippen LogP contribution in [-0.2, 0) is 0 Å². The third kappa shape index (κ3) is 2.45. The SMILES string of the molecule is Cc1ccc(C)c(C(=O)c2cc(C)c3ccccc3n2)c1. The number of aromatic nitrogens is 1. The molecule has 2 aromatic carbocycles. The Morgan fingerprint density at radius 3 is 2.48 bits per heavy atom. The van der Waals surface area contributed by atoms with Crippen LogP contribution in [0.2, 0.25) is 0 Å². The summed E-state index contributed by atoms with van der Waals surface area (Å²) in [5.74, 6) is -0.00921. The Hall–Kier alpha value is -2.48. The Kier molecular flexibility index (Phi) is 3.30. The lowest BCUT2D eigenvalue weighted by Crippen LogP contribution is -2.07. The maximum atomic E-state index is 12.8. The summed E-state index contributed by atoms with van der Waals surface area (Å²) < 4.78 is 0. The molecule has 0 radical (unpaired) electrons. The van der Waals surface area contributed by atoms with E-state index < -0.39 is 0 Å². The molecule has 0 N–H and O–H groups in total. The fraction of sp³-hybridized carbons (Fsp3) is 0.158. The summed E-state index contributed by atoms with van der Waals surface area (Å²) in [7, 11) is 0. The summed E-state index contributed by atoms with van der Waals surface area (Å²) in [6, 6.07) is 15.7. The number of para-hydroxylation sites is 1. The van der Waals surface area contributed by atoms with Gasteiger partial charge in [0, 0.05) is 10.9 Å². The van der Waals surface area contributed by atoms with Crippen LogP contribution in [0.5, 0.6) is 0 Å². The highest BCUT2D eigenvalue weighted by Crippen LogP contribution is 2.20. The predicted octanol–water partition coefficient (Wildman–Crippen LogP) is 4.39. The van der Waals surface area contributed by atoms with E-state index in [1.54, 1.807) is 0 Å². The molecular formula is C19H17NO.